The maximum atomic E-state index is 5.57. The van der Waals surface area contributed by atoms with Gasteiger partial charge >= 0.3 is 0 Å². The Kier molecular flexibility index (Phi) is 5.49. The summed E-state index contributed by atoms with van der Waals surface area (Å²) in [4.78, 5) is 1.34. The van der Waals surface area contributed by atoms with Crippen LogP contribution in [0.2, 0.25) is 0 Å². The van der Waals surface area contributed by atoms with Crippen LogP contribution in [0.5, 0.6) is 0 Å². The molecule has 0 saturated heterocycles. The lowest BCUT2D eigenvalue weighted by Gasteiger charge is -2.06. The van der Waals surface area contributed by atoms with E-state index in [0.717, 1.165) is 25.1 Å². The number of aryl methyl sites for hydroxylation is 1. The zero-order valence-corrected chi connectivity index (χ0v) is 12.2. The highest BCUT2D eigenvalue weighted by molar-refractivity contribution is 7.99. The molecule has 2 rings (SSSR count). The molecular formula is C17H21NS. The van der Waals surface area contributed by atoms with Crippen molar-refractivity contribution < 1.29 is 0 Å². The lowest BCUT2D eigenvalue weighted by Crippen LogP contribution is -2.00. The molecule has 0 aliphatic heterocycles. The molecular weight excluding hydrogens is 250 g/mol. The SMILES string of the molecule is CCSc1ccc(-c2cccc(CCCN)c2)cc1. The molecule has 2 aromatic rings. The summed E-state index contributed by atoms with van der Waals surface area (Å²) >= 11 is 1.88. The van der Waals surface area contributed by atoms with Crippen molar-refractivity contribution in [2.24, 2.45) is 5.73 Å². The lowest BCUT2D eigenvalue weighted by atomic mass is 10.0. The zero-order valence-electron chi connectivity index (χ0n) is 11.4. The second-order valence-electron chi connectivity index (χ2n) is 4.55. The molecule has 0 atom stereocenters. The highest BCUT2D eigenvalue weighted by atomic mass is 32.2. The van der Waals surface area contributed by atoms with Crippen LogP contribution in [0.4, 0.5) is 0 Å². The van der Waals surface area contributed by atoms with E-state index in [-0.39, 0.29) is 0 Å². The Morgan fingerprint density at radius 3 is 2.47 bits per heavy atom. The van der Waals surface area contributed by atoms with Gasteiger partial charge < -0.3 is 5.73 Å². The van der Waals surface area contributed by atoms with Crippen molar-refractivity contribution in [2.45, 2.75) is 24.7 Å². The molecule has 19 heavy (non-hydrogen) atoms. The Morgan fingerprint density at radius 1 is 1.00 bits per heavy atom. The maximum Gasteiger partial charge on any atom is 0.00722 e. The van der Waals surface area contributed by atoms with Crippen LogP contribution >= 0.6 is 11.8 Å². The van der Waals surface area contributed by atoms with E-state index in [0.29, 0.717) is 0 Å². The fourth-order valence-corrected chi connectivity index (χ4v) is 2.78. The van der Waals surface area contributed by atoms with Crippen LogP contribution in [0.1, 0.15) is 18.9 Å². The summed E-state index contributed by atoms with van der Waals surface area (Å²) in [5.41, 5.74) is 9.52. The van der Waals surface area contributed by atoms with Gasteiger partial charge in [-0.1, -0.05) is 43.3 Å². The monoisotopic (exact) mass is 271 g/mol. The molecule has 0 aromatic heterocycles. The van der Waals surface area contributed by atoms with Crippen LogP contribution < -0.4 is 5.73 Å². The molecule has 2 N–H and O–H groups in total. The number of benzene rings is 2. The van der Waals surface area contributed by atoms with E-state index in [1.54, 1.807) is 0 Å². The highest BCUT2D eigenvalue weighted by Gasteiger charge is 2.00. The first-order valence-corrected chi connectivity index (χ1v) is 7.84. The van der Waals surface area contributed by atoms with Gasteiger partial charge in [0, 0.05) is 4.90 Å². The second kappa shape index (κ2) is 7.37. The summed E-state index contributed by atoms with van der Waals surface area (Å²) < 4.78 is 0. The van der Waals surface area contributed by atoms with E-state index < -0.39 is 0 Å². The van der Waals surface area contributed by atoms with Gasteiger partial charge in [0.25, 0.3) is 0 Å². The predicted molar refractivity (Wildman–Crippen MR) is 85.7 cm³/mol. The van der Waals surface area contributed by atoms with Gasteiger partial charge in [0.05, 0.1) is 0 Å². The molecule has 0 unspecified atom stereocenters. The van der Waals surface area contributed by atoms with E-state index in [9.17, 15) is 0 Å². The summed E-state index contributed by atoms with van der Waals surface area (Å²) in [7, 11) is 0. The topological polar surface area (TPSA) is 26.0 Å². The zero-order chi connectivity index (χ0) is 13.5. The highest BCUT2D eigenvalue weighted by Crippen LogP contribution is 2.25. The Morgan fingerprint density at radius 2 is 1.79 bits per heavy atom. The maximum absolute atomic E-state index is 5.57. The van der Waals surface area contributed by atoms with E-state index in [4.69, 9.17) is 5.73 Å². The first-order valence-electron chi connectivity index (χ1n) is 6.85. The molecule has 0 saturated carbocycles. The van der Waals surface area contributed by atoms with E-state index in [2.05, 4.69) is 55.5 Å². The Bertz CT molecular complexity index is 505. The minimum absolute atomic E-state index is 0.757. The molecule has 0 aliphatic rings. The summed E-state index contributed by atoms with van der Waals surface area (Å²) in [5, 5.41) is 0. The standard InChI is InChI=1S/C17H21NS/c1-2-19-17-10-8-15(9-11-17)16-7-3-5-14(13-16)6-4-12-18/h3,5,7-11,13H,2,4,6,12,18H2,1H3. The third-order valence-electron chi connectivity index (χ3n) is 3.10. The fraction of sp³-hybridized carbons (Fsp3) is 0.294. The van der Waals surface area contributed by atoms with Gasteiger partial charge in [-0.15, -0.1) is 11.8 Å². The summed E-state index contributed by atoms with van der Waals surface area (Å²) in [6, 6.07) is 17.6. The molecule has 0 fully saturated rings. The van der Waals surface area contributed by atoms with Gasteiger partial charge in [0.15, 0.2) is 0 Å². The quantitative estimate of drug-likeness (QED) is 0.790. The number of thioether (sulfide) groups is 1. The molecule has 0 bridgehead atoms. The van der Waals surface area contributed by atoms with Gasteiger partial charge in [-0.2, -0.15) is 0 Å². The van der Waals surface area contributed by atoms with Gasteiger partial charge in [-0.3, -0.25) is 0 Å². The average Bonchev–Trinajstić information content (AvgIpc) is 2.46. The number of rotatable bonds is 6. The molecule has 0 amide bonds. The van der Waals surface area contributed by atoms with Crippen molar-refractivity contribution in [1.82, 2.24) is 0 Å². The first-order chi connectivity index (χ1) is 9.33. The largest absolute Gasteiger partial charge is 0.330 e. The van der Waals surface area contributed by atoms with Crippen molar-refractivity contribution in [1.29, 1.82) is 0 Å². The summed E-state index contributed by atoms with van der Waals surface area (Å²) in [6.07, 6.45) is 2.11. The van der Waals surface area contributed by atoms with Crippen molar-refractivity contribution in [3.8, 4) is 11.1 Å². The van der Waals surface area contributed by atoms with Crippen LogP contribution in [0.15, 0.2) is 53.4 Å². The third-order valence-corrected chi connectivity index (χ3v) is 3.99. The molecule has 2 aromatic carbocycles. The normalized spacial score (nSPS) is 10.6. The van der Waals surface area contributed by atoms with Crippen LogP contribution in [-0.2, 0) is 6.42 Å². The molecule has 100 valence electrons. The Labute approximate surface area is 120 Å². The average molecular weight is 271 g/mol. The van der Waals surface area contributed by atoms with Crippen molar-refractivity contribution in [3.63, 3.8) is 0 Å². The predicted octanol–water partition coefficient (Wildman–Crippen LogP) is 4.36. The van der Waals surface area contributed by atoms with Gasteiger partial charge in [0.2, 0.25) is 0 Å². The van der Waals surface area contributed by atoms with Crippen LogP contribution in [0.3, 0.4) is 0 Å². The minimum Gasteiger partial charge on any atom is -0.330 e. The van der Waals surface area contributed by atoms with E-state index in [1.807, 2.05) is 11.8 Å². The fourth-order valence-electron chi connectivity index (χ4n) is 2.12. The molecule has 1 nitrogen and oxygen atoms in total. The Hall–Kier alpha value is -1.25. The first kappa shape index (κ1) is 14.2. The molecule has 0 heterocycles. The number of nitrogens with two attached hydrogens (primary N) is 1. The van der Waals surface area contributed by atoms with Gasteiger partial charge in [0.1, 0.15) is 0 Å². The van der Waals surface area contributed by atoms with E-state index >= 15 is 0 Å². The van der Waals surface area contributed by atoms with Gasteiger partial charge in [-0.05, 0) is 54.0 Å². The second-order valence-corrected chi connectivity index (χ2v) is 5.89. The Balaban J connectivity index is 2.16. The van der Waals surface area contributed by atoms with E-state index in [1.165, 1.54) is 21.6 Å². The van der Waals surface area contributed by atoms with Crippen molar-refractivity contribution in [3.05, 3.63) is 54.1 Å². The third kappa shape index (κ3) is 4.12. The molecule has 0 spiro atoms. The van der Waals surface area contributed by atoms with Gasteiger partial charge in [-0.25, -0.2) is 0 Å². The smallest absolute Gasteiger partial charge is 0.00722 e. The number of hydrogen-bond donors (Lipinski definition) is 1. The van der Waals surface area contributed by atoms with Crippen molar-refractivity contribution in [2.75, 3.05) is 12.3 Å². The van der Waals surface area contributed by atoms with Crippen molar-refractivity contribution >= 4 is 11.8 Å². The summed E-state index contributed by atoms with van der Waals surface area (Å²) in [6.45, 7) is 2.94. The lowest BCUT2D eigenvalue weighted by molar-refractivity contribution is 0.833. The molecule has 2 heteroatoms. The van der Waals surface area contributed by atoms with Crippen LogP contribution in [0.25, 0.3) is 11.1 Å². The van der Waals surface area contributed by atoms with Crippen LogP contribution in [0, 0.1) is 0 Å². The summed E-state index contributed by atoms with van der Waals surface area (Å²) in [5.74, 6) is 1.12. The van der Waals surface area contributed by atoms with Crippen LogP contribution in [-0.4, -0.2) is 12.3 Å². The molecule has 0 aliphatic carbocycles. The minimum atomic E-state index is 0.757. The number of hydrogen-bond acceptors (Lipinski definition) is 2. The molecule has 0 radical (unpaired) electrons.